The Bertz CT molecular complexity index is 975. The summed E-state index contributed by atoms with van der Waals surface area (Å²) in [6, 6.07) is 14.6. The number of thioether (sulfide) groups is 1. The predicted octanol–water partition coefficient (Wildman–Crippen LogP) is 3.83. The van der Waals surface area contributed by atoms with Crippen molar-refractivity contribution in [3.05, 3.63) is 64.7 Å². The molecule has 0 bridgehead atoms. The van der Waals surface area contributed by atoms with Gasteiger partial charge in [0.1, 0.15) is 0 Å². The molecule has 1 aliphatic rings. The molecule has 0 radical (unpaired) electrons. The third-order valence-corrected chi connectivity index (χ3v) is 6.31. The minimum atomic E-state index is -0.585. The summed E-state index contributed by atoms with van der Waals surface area (Å²) in [5, 5.41) is 23.2. The number of tetrazole rings is 1. The van der Waals surface area contributed by atoms with E-state index in [2.05, 4.69) is 58.0 Å². The molecule has 0 aliphatic heterocycles. The molecule has 7 heteroatoms. The van der Waals surface area contributed by atoms with E-state index in [1.165, 1.54) is 22.9 Å². The lowest BCUT2D eigenvalue weighted by Gasteiger charge is -2.26. The van der Waals surface area contributed by atoms with Gasteiger partial charge in [0.2, 0.25) is 5.16 Å². The zero-order valence-electron chi connectivity index (χ0n) is 16.8. The van der Waals surface area contributed by atoms with Crippen LogP contribution >= 0.6 is 11.8 Å². The fourth-order valence-corrected chi connectivity index (χ4v) is 4.49. The first-order valence-corrected chi connectivity index (χ1v) is 11.0. The lowest BCUT2D eigenvalue weighted by atomic mass is 9.89. The van der Waals surface area contributed by atoms with Gasteiger partial charge in [0, 0.05) is 5.75 Å². The molecule has 0 amide bonds. The molecule has 2 aromatic carbocycles. The van der Waals surface area contributed by atoms with Crippen molar-refractivity contribution in [3.8, 4) is 5.69 Å². The molecule has 4 rings (SSSR count). The molecule has 2 atom stereocenters. The second kappa shape index (κ2) is 9.07. The number of hydrogen-bond donors (Lipinski definition) is 1. The van der Waals surface area contributed by atoms with E-state index >= 15 is 0 Å². The van der Waals surface area contributed by atoms with Gasteiger partial charge in [0.25, 0.3) is 0 Å². The SMILES string of the molecule is Cc1ccc(C)c(-n2nnnc2SC[C@H](O)CO[C@@H]2CCCc3ccccc32)c1. The van der Waals surface area contributed by atoms with Crippen molar-refractivity contribution in [1.29, 1.82) is 0 Å². The van der Waals surface area contributed by atoms with Gasteiger partial charge in [-0.25, -0.2) is 0 Å². The monoisotopic (exact) mass is 410 g/mol. The highest BCUT2D eigenvalue weighted by Gasteiger charge is 2.21. The molecule has 3 aromatic rings. The second-order valence-electron chi connectivity index (χ2n) is 7.54. The zero-order chi connectivity index (χ0) is 20.2. The Morgan fingerprint density at radius 1 is 1.24 bits per heavy atom. The van der Waals surface area contributed by atoms with Crippen molar-refractivity contribution in [3.63, 3.8) is 0 Å². The number of aliphatic hydroxyl groups excluding tert-OH is 1. The van der Waals surface area contributed by atoms with Crippen molar-refractivity contribution in [2.24, 2.45) is 0 Å². The number of aromatic nitrogens is 4. The number of nitrogens with zero attached hydrogens (tertiary/aromatic N) is 4. The van der Waals surface area contributed by atoms with Gasteiger partial charge in [-0.2, -0.15) is 4.68 Å². The molecular formula is C22H26N4O2S. The molecule has 1 heterocycles. The largest absolute Gasteiger partial charge is 0.390 e. The maximum Gasteiger partial charge on any atom is 0.214 e. The topological polar surface area (TPSA) is 73.1 Å². The van der Waals surface area contributed by atoms with E-state index in [0.29, 0.717) is 17.5 Å². The van der Waals surface area contributed by atoms with Crippen LogP contribution in [-0.4, -0.2) is 43.8 Å². The summed E-state index contributed by atoms with van der Waals surface area (Å²) in [5.74, 6) is 0.472. The van der Waals surface area contributed by atoms with Crippen molar-refractivity contribution in [2.45, 2.75) is 50.5 Å². The van der Waals surface area contributed by atoms with E-state index in [1.807, 2.05) is 13.8 Å². The second-order valence-corrected chi connectivity index (χ2v) is 8.53. The Kier molecular flexibility index (Phi) is 6.28. The number of rotatable bonds is 7. The fraction of sp³-hybridized carbons (Fsp3) is 0.409. The lowest BCUT2D eigenvalue weighted by Crippen LogP contribution is -2.22. The highest BCUT2D eigenvalue weighted by molar-refractivity contribution is 7.99. The third kappa shape index (κ3) is 4.69. The molecule has 1 aromatic heterocycles. The molecule has 29 heavy (non-hydrogen) atoms. The lowest BCUT2D eigenvalue weighted by molar-refractivity contribution is -0.00960. The Labute approximate surface area is 175 Å². The van der Waals surface area contributed by atoms with Crippen LogP contribution in [0.4, 0.5) is 0 Å². The highest BCUT2D eigenvalue weighted by atomic mass is 32.2. The van der Waals surface area contributed by atoms with E-state index < -0.39 is 6.10 Å². The number of aliphatic hydroxyl groups is 1. The van der Waals surface area contributed by atoms with Crippen LogP contribution in [0.3, 0.4) is 0 Å². The first-order chi connectivity index (χ1) is 14.1. The number of benzene rings is 2. The Morgan fingerprint density at radius 3 is 3.00 bits per heavy atom. The maximum absolute atomic E-state index is 10.5. The molecule has 152 valence electrons. The molecule has 0 fully saturated rings. The summed E-state index contributed by atoms with van der Waals surface area (Å²) in [6.45, 7) is 4.39. The first kappa shape index (κ1) is 20.1. The van der Waals surface area contributed by atoms with Crippen molar-refractivity contribution < 1.29 is 9.84 Å². The minimum Gasteiger partial charge on any atom is -0.390 e. The predicted molar refractivity (Wildman–Crippen MR) is 113 cm³/mol. The van der Waals surface area contributed by atoms with Gasteiger partial charge in [-0.15, -0.1) is 5.10 Å². The van der Waals surface area contributed by atoms with Gasteiger partial charge in [0.05, 0.1) is 24.5 Å². The molecule has 0 saturated heterocycles. The Morgan fingerprint density at radius 2 is 2.10 bits per heavy atom. The van der Waals surface area contributed by atoms with E-state index in [-0.39, 0.29) is 6.10 Å². The van der Waals surface area contributed by atoms with E-state index in [4.69, 9.17) is 4.74 Å². The molecule has 1 aliphatic carbocycles. The van der Waals surface area contributed by atoms with E-state index in [1.54, 1.807) is 4.68 Å². The molecule has 6 nitrogen and oxygen atoms in total. The molecule has 0 unspecified atom stereocenters. The summed E-state index contributed by atoms with van der Waals surface area (Å²) in [4.78, 5) is 0. The normalized spacial score (nSPS) is 17.1. The van der Waals surface area contributed by atoms with Crippen LogP contribution in [0.5, 0.6) is 0 Å². The summed E-state index contributed by atoms with van der Waals surface area (Å²) in [5.41, 5.74) is 5.84. The van der Waals surface area contributed by atoms with E-state index in [9.17, 15) is 5.11 Å². The standard InChI is InChI=1S/C22H26N4O2S/c1-15-10-11-16(2)20(12-15)26-22(23-24-25-26)29-14-18(27)13-28-21-9-5-7-17-6-3-4-8-19(17)21/h3-4,6,8,10-12,18,21,27H,5,7,9,13-14H2,1-2H3/t18-,21-/m1/s1. The van der Waals surface area contributed by atoms with E-state index in [0.717, 1.165) is 36.1 Å². The Balaban J connectivity index is 1.35. The highest BCUT2D eigenvalue weighted by Crippen LogP contribution is 2.32. The van der Waals surface area contributed by atoms with Gasteiger partial charge in [-0.05, 0) is 71.9 Å². The van der Waals surface area contributed by atoms with Crippen LogP contribution in [-0.2, 0) is 11.2 Å². The van der Waals surface area contributed by atoms with Crippen LogP contribution in [0, 0.1) is 13.8 Å². The first-order valence-electron chi connectivity index (χ1n) is 9.98. The summed E-state index contributed by atoms with van der Waals surface area (Å²) in [7, 11) is 0. The van der Waals surface area contributed by atoms with Crippen LogP contribution < -0.4 is 0 Å². The third-order valence-electron chi connectivity index (χ3n) is 5.24. The average Bonchev–Trinajstić information content (AvgIpc) is 3.21. The zero-order valence-corrected chi connectivity index (χ0v) is 17.6. The van der Waals surface area contributed by atoms with Crippen LogP contribution in [0.2, 0.25) is 0 Å². The van der Waals surface area contributed by atoms with Gasteiger partial charge in [-0.1, -0.05) is 48.2 Å². The van der Waals surface area contributed by atoms with Crippen molar-refractivity contribution in [1.82, 2.24) is 20.2 Å². The van der Waals surface area contributed by atoms with Gasteiger partial charge in [-0.3, -0.25) is 0 Å². The smallest absolute Gasteiger partial charge is 0.214 e. The average molecular weight is 411 g/mol. The number of fused-ring (bicyclic) bond motifs is 1. The van der Waals surface area contributed by atoms with Crippen LogP contribution in [0.25, 0.3) is 5.69 Å². The van der Waals surface area contributed by atoms with Gasteiger partial charge >= 0.3 is 0 Å². The minimum absolute atomic E-state index is 0.0693. The summed E-state index contributed by atoms with van der Waals surface area (Å²) < 4.78 is 7.80. The van der Waals surface area contributed by atoms with Gasteiger partial charge < -0.3 is 9.84 Å². The van der Waals surface area contributed by atoms with Crippen LogP contribution in [0.1, 0.15) is 41.2 Å². The summed E-state index contributed by atoms with van der Waals surface area (Å²) in [6.07, 6.45) is 2.71. The Hall–Kier alpha value is -2.22. The number of ether oxygens (including phenoxy) is 1. The number of aryl methyl sites for hydroxylation is 3. The quantitative estimate of drug-likeness (QED) is 0.597. The summed E-state index contributed by atoms with van der Waals surface area (Å²) >= 11 is 1.44. The fourth-order valence-electron chi connectivity index (χ4n) is 3.70. The molecule has 0 saturated carbocycles. The van der Waals surface area contributed by atoms with Gasteiger partial charge in [0.15, 0.2) is 0 Å². The molecule has 0 spiro atoms. The van der Waals surface area contributed by atoms with Crippen molar-refractivity contribution in [2.75, 3.05) is 12.4 Å². The molecule has 1 N–H and O–H groups in total. The number of hydrogen-bond acceptors (Lipinski definition) is 6. The molecular weight excluding hydrogens is 384 g/mol. The maximum atomic E-state index is 10.5. The van der Waals surface area contributed by atoms with Crippen molar-refractivity contribution >= 4 is 11.8 Å². The van der Waals surface area contributed by atoms with Crippen LogP contribution in [0.15, 0.2) is 47.6 Å².